The lowest BCUT2D eigenvalue weighted by Crippen LogP contribution is -2.43. The smallest absolute Gasteiger partial charge is 0.416 e. The van der Waals surface area contributed by atoms with Gasteiger partial charge in [-0.2, -0.15) is 13.2 Å². The highest BCUT2D eigenvalue weighted by Gasteiger charge is 2.39. The van der Waals surface area contributed by atoms with Gasteiger partial charge in [0, 0.05) is 23.7 Å². The van der Waals surface area contributed by atoms with Crippen molar-refractivity contribution in [2.45, 2.75) is 62.5 Å². The molecule has 0 spiro atoms. The minimum Gasteiger partial charge on any atom is -0.493 e. The Balaban J connectivity index is 0.000000370. The fraction of sp³-hybridized carbons (Fsp3) is 0.632. The third-order valence-corrected chi connectivity index (χ3v) is 5.27. The van der Waals surface area contributed by atoms with E-state index in [0.717, 1.165) is 25.0 Å². The predicted octanol–water partition coefficient (Wildman–Crippen LogP) is 5.66. The van der Waals surface area contributed by atoms with E-state index in [4.69, 9.17) is 32.7 Å². The normalized spacial score (nSPS) is 24.9. The van der Waals surface area contributed by atoms with E-state index >= 15 is 0 Å². The average Bonchev–Trinajstić information content (AvgIpc) is 2.81. The molecular weight excluding hydrogens is 434 g/mol. The number of hydrogen-bond donors (Lipinski definition) is 0. The Kier molecular flexibility index (Phi) is 8.31. The first-order valence-electron chi connectivity index (χ1n) is 9.15. The first-order chi connectivity index (χ1) is 13.5. The summed E-state index contributed by atoms with van der Waals surface area (Å²) < 4.78 is 53.4. The maximum atomic E-state index is 12.7. The van der Waals surface area contributed by atoms with Gasteiger partial charge in [0.05, 0.1) is 12.7 Å². The molecule has 0 radical (unpaired) electrons. The van der Waals surface area contributed by atoms with Crippen LogP contribution in [0.4, 0.5) is 18.0 Å². The number of fused-ring (bicyclic) bond motifs is 2. The van der Waals surface area contributed by atoms with Crippen LogP contribution in [-0.2, 0) is 10.9 Å². The quantitative estimate of drug-likeness (QED) is 0.430. The number of methoxy groups -OCH3 is 1. The number of carbonyl (C=O) groups excluding carboxylic acids is 1. The molecule has 0 amide bonds. The van der Waals surface area contributed by atoms with Crippen LogP contribution in [0.25, 0.3) is 0 Å². The van der Waals surface area contributed by atoms with Crippen LogP contribution in [0, 0.1) is 0 Å². The van der Waals surface area contributed by atoms with E-state index in [9.17, 15) is 18.0 Å². The van der Waals surface area contributed by atoms with Crippen LogP contribution < -0.4 is 9.47 Å². The summed E-state index contributed by atoms with van der Waals surface area (Å²) in [5.74, 6) is 0.533. The highest BCUT2D eigenvalue weighted by Crippen LogP contribution is 2.40. The van der Waals surface area contributed by atoms with E-state index in [1.807, 2.05) is 0 Å². The second-order valence-electron chi connectivity index (χ2n) is 7.02. The summed E-state index contributed by atoms with van der Waals surface area (Å²) in [6.07, 6.45) is -0.164. The Morgan fingerprint density at radius 1 is 1.21 bits per heavy atom. The van der Waals surface area contributed by atoms with Crippen LogP contribution in [0.2, 0.25) is 0 Å². The molecule has 2 saturated heterocycles. The Bertz CT molecular complexity index is 689. The lowest BCUT2D eigenvalue weighted by Gasteiger charge is -2.36. The van der Waals surface area contributed by atoms with Gasteiger partial charge in [-0.05, 0) is 57.9 Å². The van der Waals surface area contributed by atoms with Gasteiger partial charge in [-0.1, -0.05) is 11.6 Å². The third-order valence-electron chi connectivity index (χ3n) is 5.09. The van der Waals surface area contributed by atoms with Crippen LogP contribution in [0.15, 0.2) is 18.2 Å². The molecule has 164 valence electrons. The number of halogens is 5. The molecule has 0 aliphatic carbocycles. The van der Waals surface area contributed by atoms with Crippen LogP contribution >= 0.6 is 23.2 Å². The number of piperidine rings is 1. The van der Waals surface area contributed by atoms with E-state index in [1.54, 1.807) is 0 Å². The van der Waals surface area contributed by atoms with Crippen LogP contribution in [0.3, 0.4) is 0 Å². The average molecular weight is 458 g/mol. The van der Waals surface area contributed by atoms with Crippen molar-refractivity contribution >= 4 is 28.6 Å². The maximum absolute atomic E-state index is 12.7. The van der Waals surface area contributed by atoms with E-state index in [0.29, 0.717) is 17.8 Å². The molecule has 4 atom stereocenters. The number of ether oxygens (including phenoxy) is 3. The summed E-state index contributed by atoms with van der Waals surface area (Å²) in [5, 5.41) is 0. The van der Waals surface area contributed by atoms with Crippen LogP contribution in [0.5, 0.6) is 11.5 Å². The fourth-order valence-corrected chi connectivity index (χ4v) is 3.97. The van der Waals surface area contributed by atoms with Gasteiger partial charge in [0.25, 0.3) is 0 Å². The number of rotatable bonds is 4. The molecule has 0 N–H and O–H groups in total. The van der Waals surface area contributed by atoms with Gasteiger partial charge >= 0.3 is 11.6 Å². The zero-order valence-electron chi connectivity index (χ0n) is 16.3. The van der Waals surface area contributed by atoms with E-state index in [2.05, 4.69) is 16.7 Å². The summed E-state index contributed by atoms with van der Waals surface area (Å²) in [7, 11) is 3.50. The van der Waals surface area contributed by atoms with Gasteiger partial charge in [-0.3, -0.25) is 0 Å². The Morgan fingerprint density at radius 3 is 2.21 bits per heavy atom. The summed E-state index contributed by atoms with van der Waals surface area (Å²) in [6.45, 7) is 1.50. The molecule has 2 bridgehead atoms. The maximum Gasteiger partial charge on any atom is 0.416 e. The molecule has 1 aromatic carbocycles. The summed E-state index contributed by atoms with van der Waals surface area (Å²) in [5.41, 5.74) is -2.23. The summed E-state index contributed by atoms with van der Waals surface area (Å²) in [4.78, 5) is 12.1. The van der Waals surface area contributed by atoms with Crippen molar-refractivity contribution in [3.63, 3.8) is 0 Å². The second kappa shape index (κ2) is 10.1. The van der Waals surface area contributed by atoms with Crippen molar-refractivity contribution in [2.75, 3.05) is 14.2 Å². The van der Waals surface area contributed by atoms with Crippen molar-refractivity contribution < 1.29 is 32.2 Å². The minimum atomic E-state index is -4.38. The van der Waals surface area contributed by atoms with E-state index in [-0.39, 0.29) is 11.9 Å². The highest BCUT2D eigenvalue weighted by molar-refractivity contribution is 6.61. The molecule has 29 heavy (non-hydrogen) atoms. The van der Waals surface area contributed by atoms with Gasteiger partial charge in [-0.15, -0.1) is 0 Å². The molecule has 10 heteroatoms. The lowest BCUT2D eigenvalue weighted by atomic mass is 10.0. The van der Waals surface area contributed by atoms with Crippen LogP contribution in [-0.4, -0.2) is 48.2 Å². The van der Waals surface area contributed by atoms with Gasteiger partial charge in [-0.25, -0.2) is 4.79 Å². The monoisotopic (exact) mass is 457 g/mol. The molecule has 0 aromatic heterocycles. The molecule has 0 saturated carbocycles. The van der Waals surface area contributed by atoms with Crippen molar-refractivity contribution in [3.8, 4) is 11.5 Å². The van der Waals surface area contributed by atoms with Crippen molar-refractivity contribution in [1.29, 1.82) is 0 Å². The lowest BCUT2D eigenvalue weighted by molar-refractivity contribution is -0.137. The fourth-order valence-electron chi connectivity index (χ4n) is 3.71. The molecule has 2 heterocycles. The molecular formula is C19H24Cl2F3NO4. The first kappa shape index (κ1) is 23.9. The number of nitrogens with zero attached hydrogens (tertiary/aromatic N) is 1. The highest BCUT2D eigenvalue weighted by atomic mass is 35.5. The molecule has 2 unspecified atom stereocenters. The molecule has 1 aromatic rings. The SMILES string of the molecule is CC(Cl)OC(=O)Cl.COc1cc(C(F)(F)F)ccc1OC1C[C@H]2CC[C@@H](C1)N2C. The Hall–Kier alpha value is -1.38. The number of carbonyl (C=O) groups is 1. The van der Waals surface area contributed by atoms with E-state index < -0.39 is 22.7 Å². The zero-order valence-corrected chi connectivity index (χ0v) is 17.9. The van der Waals surface area contributed by atoms with Crippen molar-refractivity contribution in [1.82, 2.24) is 4.90 Å². The number of alkyl halides is 4. The van der Waals surface area contributed by atoms with Gasteiger partial charge < -0.3 is 19.1 Å². The number of hydrogen-bond acceptors (Lipinski definition) is 5. The number of benzene rings is 1. The van der Waals surface area contributed by atoms with Gasteiger partial charge in [0.15, 0.2) is 17.1 Å². The predicted molar refractivity (Wildman–Crippen MR) is 104 cm³/mol. The Labute approximate surface area is 178 Å². The van der Waals surface area contributed by atoms with Gasteiger partial charge in [0.2, 0.25) is 0 Å². The van der Waals surface area contributed by atoms with E-state index in [1.165, 1.54) is 32.9 Å². The first-order valence-corrected chi connectivity index (χ1v) is 9.96. The van der Waals surface area contributed by atoms with Crippen molar-refractivity contribution in [3.05, 3.63) is 23.8 Å². The molecule has 2 fully saturated rings. The standard InChI is InChI=1S/C16H20F3NO2.C3H4Cl2O2/c1-20-11-4-5-12(20)9-13(8-11)22-14-6-3-10(16(17,18)19)7-15(14)21-2;1-2(4)7-3(5)6/h3,6-7,11-13H,4-5,8-9H2,1-2H3;2H,1H3/t11-,12+,13?;. The largest absolute Gasteiger partial charge is 0.493 e. The molecule has 5 nitrogen and oxygen atoms in total. The molecule has 2 aliphatic rings. The summed E-state index contributed by atoms with van der Waals surface area (Å²) >= 11 is 9.87. The van der Waals surface area contributed by atoms with Crippen molar-refractivity contribution in [2.24, 2.45) is 0 Å². The summed E-state index contributed by atoms with van der Waals surface area (Å²) in [6, 6.07) is 4.44. The zero-order chi connectivity index (χ0) is 21.8. The molecule has 2 aliphatic heterocycles. The third kappa shape index (κ3) is 6.83. The second-order valence-corrected chi connectivity index (χ2v) is 7.95. The Morgan fingerprint density at radius 2 is 1.79 bits per heavy atom. The molecule has 3 rings (SSSR count). The van der Waals surface area contributed by atoms with Gasteiger partial charge in [0.1, 0.15) is 6.10 Å². The topological polar surface area (TPSA) is 48.0 Å². The minimum absolute atomic E-state index is 0.0411. The van der Waals surface area contributed by atoms with Crippen LogP contribution in [0.1, 0.15) is 38.2 Å².